The van der Waals surface area contributed by atoms with E-state index in [0.717, 1.165) is 5.69 Å². The summed E-state index contributed by atoms with van der Waals surface area (Å²) in [4.78, 5) is 21.6. The molecule has 0 fully saturated rings. The minimum atomic E-state index is -1.19. The van der Waals surface area contributed by atoms with Gasteiger partial charge in [0.2, 0.25) is 5.91 Å². The Morgan fingerprint density at radius 2 is 1.44 bits per heavy atom. The number of nitrogens with one attached hydrogen (secondary N) is 4. The van der Waals surface area contributed by atoms with Crippen LogP contribution in [0.2, 0.25) is 5.02 Å². The monoisotopic (exact) mass is 378 g/mol. The lowest BCUT2D eigenvalue weighted by molar-refractivity contribution is -0.114. The van der Waals surface area contributed by atoms with Crippen molar-refractivity contribution in [1.82, 2.24) is 0 Å². The first-order valence-corrected chi connectivity index (χ1v) is 7.87. The third-order valence-electron chi connectivity index (χ3n) is 2.93. The highest BCUT2D eigenvalue weighted by Crippen LogP contribution is 2.25. The molecule has 5 N–H and O–H groups in total. The number of carbonyl (C=O) groups is 2. The zero-order valence-corrected chi connectivity index (χ0v) is 14.7. The van der Waals surface area contributed by atoms with E-state index < -0.39 is 6.09 Å². The molecule has 7 nitrogen and oxygen atoms in total. The summed E-state index contributed by atoms with van der Waals surface area (Å²) >= 11 is 11.2. The Morgan fingerprint density at radius 3 is 1.96 bits per heavy atom. The Bertz CT molecular complexity index is 812. The van der Waals surface area contributed by atoms with Gasteiger partial charge in [0.1, 0.15) is 0 Å². The van der Waals surface area contributed by atoms with E-state index in [1.807, 2.05) is 0 Å². The Balaban J connectivity index is 1.96. The lowest BCUT2D eigenvalue weighted by Crippen LogP contribution is -2.19. The van der Waals surface area contributed by atoms with Crippen LogP contribution in [0.15, 0.2) is 42.5 Å². The Hall–Kier alpha value is -2.84. The van der Waals surface area contributed by atoms with E-state index in [-0.39, 0.29) is 16.6 Å². The molecule has 0 spiro atoms. The summed E-state index contributed by atoms with van der Waals surface area (Å²) in [5.41, 5.74) is 2.31. The molecular formula is C16H15ClN4O3S. The van der Waals surface area contributed by atoms with Crippen LogP contribution in [0.25, 0.3) is 0 Å². The predicted octanol–water partition coefficient (Wildman–Crippen LogP) is 4.20. The quantitative estimate of drug-likeness (QED) is 0.511. The number of carbonyl (C=O) groups excluding carboxylic acids is 1. The molecule has 130 valence electrons. The first-order valence-electron chi connectivity index (χ1n) is 7.08. The molecule has 0 aliphatic carbocycles. The minimum absolute atomic E-state index is 0.143. The number of amides is 2. The predicted molar refractivity (Wildman–Crippen MR) is 104 cm³/mol. The van der Waals surface area contributed by atoms with Gasteiger partial charge in [-0.05, 0) is 54.7 Å². The van der Waals surface area contributed by atoms with Gasteiger partial charge in [0, 0.05) is 24.0 Å². The van der Waals surface area contributed by atoms with Crippen molar-refractivity contribution >= 4 is 63.7 Å². The first-order chi connectivity index (χ1) is 11.8. The highest BCUT2D eigenvalue weighted by Gasteiger charge is 2.06. The van der Waals surface area contributed by atoms with Gasteiger partial charge in [0.05, 0.1) is 10.7 Å². The van der Waals surface area contributed by atoms with E-state index in [1.165, 1.54) is 13.0 Å². The van der Waals surface area contributed by atoms with Crippen LogP contribution in [0.3, 0.4) is 0 Å². The normalized spacial score (nSPS) is 9.84. The van der Waals surface area contributed by atoms with Gasteiger partial charge in [-0.1, -0.05) is 11.6 Å². The maximum Gasteiger partial charge on any atom is 0.409 e. The third kappa shape index (κ3) is 5.94. The van der Waals surface area contributed by atoms with Gasteiger partial charge in [-0.15, -0.1) is 0 Å². The number of halogens is 1. The van der Waals surface area contributed by atoms with E-state index in [2.05, 4.69) is 21.3 Å². The average Bonchev–Trinajstić information content (AvgIpc) is 2.51. The average molecular weight is 379 g/mol. The second-order valence-corrected chi connectivity index (χ2v) is 5.78. The van der Waals surface area contributed by atoms with Crippen LogP contribution in [0, 0.1) is 0 Å². The van der Waals surface area contributed by atoms with Crippen LogP contribution < -0.4 is 21.3 Å². The molecule has 0 saturated heterocycles. The van der Waals surface area contributed by atoms with Crippen LogP contribution in [0.4, 0.5) is 27.5 Å². The maximum absolute atomic E-state index is 11.0. The van der Waals surface area contributed by atoms with Crippen LogP contribution >= 0.6 is 23.8 Å². The van der Waals surface area contributed by atoms with Crippen molar-refractivity contribution < 1.29 is 14.7 Å². The molecule has 0 aliphatic heterocycles. The van der Waals surface area contributed by atoms with E-state index in [4.69, 9.17) is 28.9 Å². The van der Waals surface area contributed by atoms with Gasteiger partial charge >= 0.3 is 6.09 Å². The molecule has 25 heavy (non-hydrogen) atoms. The van der Waals surface area contributed by atoms with Gasteiger partial charge < -0.3 is 21.1 Å². The number of thiocarbonyl (C=S) groups is 1. The van der Waals surface area contributed by atoms with Crippen LogP contribution in [-0.2, 0) is 4.79 Å². The molecule has 0 radical (unpaired) electrons. The molecular weight excluding hydrogens is 364 g/mol. The Morgan fingerprint density at radius 1 is 0.920 bits per heavy atom. The fourth-order valence-electron chi connectivity index (χ4n) is 1.94. The molecule has 2 aromatic carbocycles. The molecule has 0 bridgehead atoms. The molecule has 2 amide bonds. The third-order valence-corrected chi connectivity index (χ3v) is 3.45. The number of hydrogen-bond acceptors (Lipinski definition) is 3. The van der Waals surface area contributed by atoms with E-state index >= 15 is 0 Å². The number of hydrogen-bond donors (Lipinski definition) is 5. The highest BCUT2D eigenvalue weighted by atomic mass is 35.5. The molecule has 2 aromatic rings. The summed E-state index contributed by atoms with van der Waals surface area (Å²) in [5.74, 6) is -0.143. The first kappa shape index (κ1) is 18.5. The minimum Gasteiger partial charge on any atom is -0.465 e. The molecule has 9 heteroatoms. The summed E-state index contributed by atoms with van der Waals surface area (Å²) in [6.45, 7) is 1.44. The van der Waals surface area contributed by atoms with Crippen LogP contribution in [0.5, 0.6) is 0 Å². The molecule has 0 heterocycles. The number of rotatable bonds is 4. The molecule has 0 aromatic heterocycles. The fourth-order valence-corrected chi connectivity index (χ4v) is 2.41. The SMILES string of the molecule is CC(=O)Nc1ccc(NC(=S)Nc2ccc(NC(=O)O)c(Cl)c2)cc1. The van der Waals surface area contributed by atoms with Crippen molar-refractivity contribution in [3.05, 3.63) is 47.5 Å². The van der Waals surface area contributed by atoms with E-state index in [1.54, 1.807) is 36.4 Å². The topological polar surface area (TPSA) is 102 Å². The molecule has 0 atom stereocenters. The van der Waals surface area contributed by atoms with Crippen molar-refractivity contribution in [2.75, 3.05) is 21.3 Å². The summed E-state index contributed by atoms with van der Waals surface area (Å²) < 4.78 is 0. The van der Waals surface area contributed by atoms with Crippen LogP contribution in [-0.4, -0.2) is 22.2 Å². The number of carboxylic acid groups (broad SMARTS) is 1. The number of anilines is 4. The molecule has 0 unspecified atom stereocenters. The zero-order valence-electron chi connectivity index (χ0n) is 13.1. The smallest absolute Gasteiger partial charge is 0.409 e. The van der Waals surface area contributed by atoms with Crippen LogP contribution in [0.1, 0.15) is 6.92 Å². The van der Waals surface area contributed by atoms with Crippen molar-refractivity contribution in [3.8, 4) is 0 Å². The molecule has 0 saturated carbocycles. The summed E-state index contributed by atoms with van der Waals surface area (Å²) in [6, 6.07) is 11.8. The Labute approximate surface area is 154 Å². The molecule has 0 aliphatic rings. The van der Waals surface area contributed by atoms with E-state index in [9.17, 15) is 9.59 Å². The largest absolute Gasteiger partial charge is 0.465 e. The maximum atomic E-state index is 11.0. The lowest BCUT2D eigenvalue weighted by Gasteiger charge is -2.12. The van der Waals surface area contributed by atoms with Crippen molar-refractivity contribution in [3.63, 3.8) is 0 Å². The van der Waals surface area contributed by atoms with E-state index in [0.29, 0.717) is 16.5 Å². The van der Waals surface area contributed by atoms with Crippen molar-refractivity contribution in [1.29, 1.82) is 0 Å². The fraction of sp³-hybridized carbons (Fsp3) is 0.0625. The second-order valence-electron chi connectivity index (χ2n) is 4.96. The zero-order chi connectivity index (χ0) is 18.4. The Kier molecular flexibility index (Phi) is 6.15. The summed E-state index contributed by atoms with van der Waals surface area (Å²) in [6.07, 6.45) is -1.19. The van der Waals surface area contributed by atoms with Crippen molar-refractivity contribution in [2.45, 2.75) is 6.92 Å². The van der Waals surface area contributed by atoms with Crippen molar-refractivity contribution in [2.24, 2.45) is 0 Å². The number of benzene rings is 2. The lowest BCUT2D eigenvalue weighted by atomic mass is 10.2. The van der Waals surface area contributed by atoms with Gasteiger partial charge in [-0.2, -0.15) is 0 Å². The van der Waals surface area contributed by atoms with Gasteiger partial charge in [-0.25, -0.2) is 4.79 Å². The van der Waals surface area contributed by atoms with Gasteiger partial charge in [0.15, 0.2) is 5.11 Å². The molecule has 2 rings (SSSR count). The highest BCUT2D eigenvalue weighted by molar-refractivity contribution is 7.80. The second kappa shape index (κ2) is 8.32. The van der Waals surface area contributed by atoms with Gasteiger partial charge in [-0.3, -0.25) is 10.1 Å². The van der Waals surface area contributed by atoms with Gasteiger partial charge in [0.25, 0.3) is 0 Å². The standard InChI is InChI=1S/C16H15ClN4O3S/c1-9(22)18-10-2-4-11(5-3-10)19-15(25)20-12-6-7-14(13(17)8-12)21-16(23)24/h2-8,21H,1H3,(H,18,22)(H,23,24)(H2,19,20,25). The summed E-state index contributed by atoms with van der Waals surface area (Å²) in [5, 5.41) is 20.1. The summed E-state index contributed by atoms with van der Waals surface area (Å²) in [7, 11) is 0.